The van der Waals surface area contributed by atoms with Gasteiger partial charge in [0.2, 0.25) is 0 Å². The fourth-order valence-electron chi connectivity index (χ4n) is 3.30. The summed E-state index contributed by atoms with van der Waals surface area (Å²) in [5, 5.41) is 8.99. The van der Waals surface area contributed by atoms with E-state index in [2.05, 4.69) is 30.6 Å². The molecule has 2 aliphatic rings. The smallest absolute Gasteiger partial charge is 0.317 e. The molecule has 1 spiro atoms. The van der Waals surface area contributed by atoms with Crippen LogP contribution in [-0.4, -0.2) is 58.1 Å². The number of likely N-dealkylation sites (tertiary alicyclic amines) is 2. The van der Waals surface area contributed by atoms with E-state index in [0.29, 0.717) is 0 Å². The Bertz CT molecular complexity index is 311. The Kier molecular flexibility index (Phi) is 3.21. The van der Waals surface area contributed by atoms with Gasteiger partial charge in [0.15, 0.2) is 0 Å². The number of carboxylic acids is 1. The molecule has 0 radical (unpaired) electrons. The van der Waals surface area contributed by atoms with Gasteiger partial charge >= 0.3 is 5.97 Å². The van der Waals surface area contributed by atoms with Crippen molar-refractivity contribution in [1.82, 2.24) is 9.80 Å². The third kappa shape index (κ3) is 2.47. The van der Waals surface area contributed by atoms with Crippen molar-refractivity contribution in [2.24, 2.45) is 0 Å². The van der Waals surface area contributed by atoms with E-state index in [-0.39, 0.29) is 17.6 Å². The van der Waals surface area contributed by atoms with E-state index in [1.807, 2.05) is 0 Å². The molecule has 2 saturated heterocycles. The van der Waals surface area contributed by atoms with E-state index in [4.69, 9.17) is 5.11 Å². The maximum absolute atomic E-state index is 10.9. The molecule has 4 heteroatoms. The Morgan fingerprint density at radius 2 is 2.00 bits per heavy atom. The van der Waals surface area contributed by atoms with Crippen molar-refractivity contribution in [1.29, 1.82) is 0 Å². The van der Waals surface area contributed by atoms with Crippen LogP contribution in [0.1, 0.15) is 40.0 Å². The fourth-order valence-corrected chi connectivity index (χ4v) is 3.30. The van der Waals surface area contributed by atoms with Gasteiger partial charge in [-0.15, -0.1) is 0 Å². The van der Waals surface area contributed by atoms with Crippen molar-refractivity contribution in [3.63, 3.8) is 0 Å². The molecule has 0 aliphatic carbocycles. The van der Waals surface area contributed by atoms with Gasteiger partial charge in [-0.1, -0.05) is 0 Å². The first-order chi connectivity index (χ1) is 7.83. The van der Waals surface area contributed by atoms with Crippen LogP contribution in [0, 0.1) is 0 Å². The summed E-state index contributed by atoms with van der Waals surface area (Å²) in [5.41, 5.74) is 0.340. The molecule has 2 aliphatic heterocycles. The normalized spacial score (nSPS) is 31.5. The van der Waals surface area contributed by atoms with Crippen LogP contribution in [0.3, 0.4) is 0 Å². The van der Waals surface area contributed by atoms with E-state index in [1.54, 1.807) is 0 Å². The van der Waals surface area contributed by atoms with Crippen molar-refractivity contribution in [2.45, 2.75) is 51.1 Å². The van der Waals surface area contributed by atoms with E-state index in [9.17, 15) is 4.79 Å². The lowest BCUT2D eigenvalue weighted by Gasteiger charge is -2.37. The Hall–Kier alpha value is -0.610. The standard InChI is InChI=1S/C13H24N2O2/c1-12(2,3)15-8-6-13(10-15)5-4-7-14(13)9-11(16)17/h4-10H2,1-3H3,(H,16,17). The van der Waals surface area contributed by atoms with Crippen LogP contribution in [0.25, 0.3) is 0 Å². The molecule has 1 N–H and O–H groups in total. The lowest BCUT2D eigenvalue weighted by Crippen LogP contribution is -2.50. The van der Waals surface area contributed by atoms with E-state index < -0.39 is 5.97 Å². The lowest BCUT2D eigenvalue weighted by molar-refractivity contribution is -0.139. The molecule has 17 heavy (non-hydrogen) atoms. The molecule has 2 heterocycles. The molecule has 0 aromatic heterocycles. The maximum Gasteiger partial charge on any atom is 0.317 e. The fraction of sp³-hybridized carbons (Fsp3) is 0.923. The molecule has 1 atom stereocenters. The lowest BCUT2D eigenvalue weighted by atomic mass is 9.95. The van der Waals surface area contributed by atoms with Crippen LogP contribution < -0.4 is 0 Å². The van der Waals surface area contributed by atoms with Crippen LogP contribution in [0.5, 0.6) is 0 Å². The summed E-state index contributed by atoms with van der Waals surface area (Å²) in [7, 11) is 0. The number of aliphatic carboxylic acids is 1. The SMILES string of the molecule is CC(C)(C)N1CCC2(CCCN2CC(=O)O)C1. The Labute approximate surface area is 104 Å². The largest absolute Gasteiger partial charge is 0.480 e. The first-order valence-electron chi connectivity index (χ1n) is 6.55. The van der Waals surface area contributed by atoms with Crippen molar-refractivity contribution in [2.75, 3.05) is 26.2 Å². The minimum atomic E-state index is -0.694. The minimum Gasteiger partial charge on any atom is -0.480 e. The molecular formula is C13H24N2O2. The number of carbonyl (C=O) groups is 1. The zero-order chi connectivity index (χ0) is 12.7. The second-order valence-electron chi connectivity index (χ2n) is 6.49. The Morgan fingerprint density at radius 3 is 2.53 bits per heavy atom. The van der Waals surface area contributed by atoms with Crippen LogP contribution in [-0.2, 0) is 4.79 Å². The molecule has 2 rings (SSSR count). The van der Waals surface area contributed by atoms with Gasteiger partial charge in [0.05, 0.1) is 6.54 Å². The van der Waals surface area contributed by atoms with Gasteiger partial charge in [-0.2, -0.15) is 0 Å². The predicted octanol–water partition coefficient (Wildman–Crippen LogP) is 1.41. The predicted molar refractivity (Wildman–Crippen MR) is 67.1 cm³/mol. The molecule has 0 aromatic carbocycles. The summed E-state index contributed by atoms with van der Waals surface area (Å²) in [5.74, 6) is -0.694. The maximum atomic E-state index is 10.9. The van der Waals surface area contributed by atoms with Crippen LogP contribution >= 0.6 is 0 Å². The highest BCUT2D eigenvalue weighted by Crippen LogP contribution is 2.39. The highest BCUT2D eigenvalue weighted by atomic mass is 16.4. The minimum absolute atomic E-state index is 0.145. The zero-order valence-corrected chi connectivity index (χ0v) is 11.2. The van der Waals surface area contributed by atoms with Crippen molar-refractivity contribution in [3.05, 3.63) is 0 Å². The number of nitrogens with zero attached hydrogens (tertiary/aromatic N) is 2. The van der Waals surface area contributed by atoms with E-state index in [0.717, 1.165) is 38.9 Å². The van der Waals surface area contributed by atoms with Gasteiger partial charge in [-0.25, -0.2) is 0 Å². The van der Waals surface area contributed by atoms with Gasteiger partial charge in [-0.05, 0) is 46.6 Å². The third-order valence-electron chi connectivity index (χ3n) is 4.35. The van der Waals surface area contributed by atoms with Crippen molar-refractivity contribution in [3.8, 4) is 0 Å². The number of carboxylic acid groups (broad SMARTS) is 1. The summed E-state index contributed by atoms with van der Waals surface area (Å²) in [4.78, 5) is 15.6. The number of hydrogen-bond acceptors (Lipinski definition) is 3. The highest BCUT2D eigenvalue weighted by molar-refractivity contribution is 5.69. The van der Waals surface area contributed by atoms with Gasteiger partial charge in [0, 0.05) is 24.2 Å². The van der Waals surface area contributed by atoms with Crippen molar-refractivity contribution < 1.29 is 9.90 Å². The van der Waals surface area contributed by atoms with Gasteiger partial charge < -0.3 is 5.11 Å². The Morgan fingerprint density at radius 1 is 1.29 bits per heavy atom. The Balaban J connectivity index is 2.07. The average molecular weight is 240 g/mol. The quantitative estimate of drug-likeness (QED) is 0.792. The first kappa shape index (κ1) is 12.8. The van der Waals surface area contributed by atoms with Gasteiger partial charge in [0.1, 0.15) is 0 Å². The summed E-state index contributed by atoms with van der Waals surface area (Å²) in [6, 6.07) is 0. The number of hydrogen-bond donors (Lipinski definition) is 1. The molecule has 0 saturated carbocycles. The molecule has 0 bridgehead atoms. The third-order valence-corrected chi connectivity index (χ3v) is 4.35. The molecule has 2 fully saturated rings. The molecule has 0 aromatic rings. The summed E-state index contributed by atoms with van der Waals surface area (Å²) >= 11 is 0. The highest BCUT2D eigenvalue weighted by Gasteiger charge is 2.48. The summed E-state index contributed by atoms with van der Waals surface area (Å²) in [6.45, 7) is 10.00. The van der Waals surface area contributed by atoms with Crippen LogP contribution in [0.15, 0.2) is 0 Å². The second kappa shape index (κ2) is 4.25. The monoisotopic (exact) mass is 240 g/mol. The average Bonchev–Trinajstić information content (AvgIpc) is 2.75. The van der Waals surface area contributed by atoms with E-state index in [1.165, 1.54) is 0 Å². The van der Waals surface area contributed by atoms with Gasteiger partial charge in [0.25, 0.3) is 0 Å². The molecule has 98 valence electrons. The summed E-state index contributed by atoms with van der Waals surface area (Å²) < 4.78 is 0. The topological polar surface area (TPSA) is 43.8 Å². The van der Waals surface area contributed by atoms with Crippen LogP contribution in [0.4, 0.5) is 0 Å². The van der Waals surface area contributed by atoms with Gasteiger partial charge in [-0.3, -0.25) is 14.6 Å². The molecule has 4 nitrogen and oxygen atoms in total. The van der Waals surface area contributed by atoms with Crippen LogP contribution in [0.2, 0.25) is 0 Å². The van der Waals surface area contributed by atoms with E-state index >= 15 is 0 Å². The number of rotatable bonds is 2. The molecular weight excluding hydrogens is 216 g/mol. The summed E-state index contributed by atoms with van der Waals surface area (Å²) in [6.07, 6.45) is 3.43. The van der Waals surface area contributed by atoms with Crippen molar-refractivity contribution >= 4 is 5.97 Å². The first-order valence-corrected chi connectivity index (χ1v) is 6.55. The molecule has 1 unspecified atom stereocenters. The molecule has 0 amide bonds. The zero-order valence-electron chi connectivity index (χ0n) is 11.2. The second-order valence-corrected chi connectivity index (χ2v) is 6.49.